The van der Waals surface area contributed by atoms with Crippen molar-refractivity contribution in [1.82, 2.24) is 10.6 Å². The molecule has 4 nitrogen and oxygen atoms in total. The molecule has 114 valence electrons. The van der Waals surface area contributed by atoms with Gasteiger partial charge in [-0.25, -0.2) is 0 Å². The van der Waals surface area contributed by atoms with Gasteiger partial charge in [0.15, 0.2) is 0 Å². The number of nitrogens with one attached hydrogen (secondary N) is 2. The molecule has 2 fully saturated rings. The maximum atomic E-state index is 12.0. The van der Waals surface area contributed by atoms with Gasteiger partial charge in [-0.2, -0.15) is 0 Å². The van der Waals surface area contributed by atoms with E-state index in [1.165, 1.54) is 5.69 Å². The molecule has 21 heavy (non-hydrogen) atoms. The molecule has 3 rings (SSSR count). The van der Waals surface area contributed by atoms with Crippen molar-refractivity contribution < 1.29 is 4.79 Å². The third kappa shape index (κ3) is 3.77. The average Bonchev–Trinajstić information content (AvgIpc) is 3.16. The molecule has 2 N–H and O–H groups in total. The molecule has 0 radical (unpaired) electrons. The van der Waals surface area contributed by atoms with Gasteiger partial charge in [0.25, 0.3) is 0 Å². The summed E-state index contributed by atoms with van der Waals surface area (Å²) in [7, 11) is 0. The first-order valence-electron chi connectivity index (χ1n) is 7.74. The minimum Gasteiger partial charge on any atom is -0.371 e. The van der Waals surface area contributed by atoms with Crippen molar-refractivity contribution in [2.45, 2.75) is 25.3 Å². The van der Waals surface area contributed by atoms with Crippen molar-refractivity contribution in [3.05, 3.63) is 28.7 Å². The van der Waals surface area contributed by atoms with Crippen LogP contribution >= 0.6 is 15.9 Å². The van der Waals surface area contributed by atoms with E-state index in [1.807, 2.05) is 6.07 Å². The quantitative estimate of drug-likeness (QED) is 0.873. The van der Waals surface area contributed by atoms with Crippen LogP contribution in [0.2, 0.25) is 0 Å². The van der Waals surface area contributed by atoms with E-state index >= 15 is 0 Å². The Hall–Kier alpha value is -1.07. The summed E-state index contributed by atoms with van der Waals surface area (Å²) in [5, 5.41) is 6.36. The summed E-state index contributed by atoms with van der Waals surface area (Å²) in [5.41, 5.74) is 1.26. The molecule has 0 spiro atoms. The lowest BCUT2D eigenvalue weighted by molar-refractivity contribution is -0.122. The Kier molecular flexibility index (Phi) is 4.80. The number of benzene rings is 1. The van der Waals surface area contributed by atoms with Crippen molar-refractivity contribution in [3.63, 3.8) is 0 Å². The first-order valence-corrected chi connectivity index (χ1v) is 8.53. The van der Waals surface area contributed by atoms with Crippen LogP contribution in [0.25, 0.3) is 0 Å². The fraction of sp³-hybridized carbons (Fsp3) is 0.562. The lowest BCUT2D eigenvalue weighted by Crippen LogP contribution is -2.42. The normalized spacial score (nSPS) is 25.3. The van der Waals surface area contributed by atoms with E-state index in [-0.39, 0.29) is 11.9 Å². The van der Waals surface area contributed by atoms with Gasteiger partial charge in [-0.3, -0.25) is 4.79 Å². The zero-order valence-electron chi connectivity index (χ0n) is 12.1. The number of hydrogen-bond donors (Lipinski definition) is 2. The predicted octanol–water partition coefficient (Wildman–Crippen LogP) is 2.14. The van der Waals surface area contributed by atoms with Gasteiger partial charge in [-0.15, -0.1) is 0 Å². The van der Waals surface area contributed by atoms with Crippen LogP contribution in [0.4, 0.5) is 5.69 Å². The monoisotopic (exact) mass is 351 g/mol. The van der Waals surface area contributed by atoms with Crippen LogP contribution in [-0.4, -0.2) is 38.1 Å². The van der Waals surface area contributed by atoms with Gasteiger partial charge in [-0.05, 0) is 49.9 Å². The maximum Gasteiger partial charge on any atom is 0.237 e. The number of halogens is 1. The third-order valence-electron chi connectivity index (χ3n) is 4.40. The molecule has 1 amide bonds. The first-order chi connectivity index (χ1) is 10.2. The molecule has 0 aliphatic carbocycles. The van der Waals surface area contributed by atoms with E-state index < -0.39 is 0 Å². The molecule has 1 aromatic carbocycles. The molecule has 2 atom stereocenters. The number of anilines is 1. The van der Waals surface area contributed by atoms with Gasteiger partial charge in [-0.1, -0.05) is 22.0 Å². The van der Waals surface area contributed by atoms with Gasteiger partial charge < -0.3 is 15.5 Å². The van der Waals surface area contributed by atoms with Gasteiger partial charge in [0, 0.05) is 29.8 Å². The molecule has 0 bridgehead atoms. The zero-order valence-corrected chi connectivity index (χ0v) is 13.7. The van der Waals surface area contributed by atoms with Crippen molar-refractivity contribution in [2.75, 3.05) is 31.1 Å². The van der Waals surface area contributed by atoms with E-state index in [0.717, 1.165) is 49.9 Å². The summed E-state index contributed by atoms with van der Waals surface area (Å²) in [6.07, 6.45) is 3.23. The van der Waals surface area contributed by atoms with E-state index in [1.54, 1.807) is 0 Å². The number of hydrogen-bond acceptors (Lipinski definition) is 3. The van der Waals surface area contributed by atoms with E-state index in [0.29, 0.717) is 5.92 Å². The number of carbonyl (C=O) groups excluding carboxylic acids is 1. The van der Waals surface area contributed by atoms with Crippen LogP contribution < -0.4 is 15.5 Å². The van der Waals surface area contributed by atoms with Crippen LogP contribution in [0.1, 0.15) is 19.3 Å². The van der Waals surface area contributed by atoms with Crippen LogP contribution in [0, 0.1) is 5.92 Å². The Bertz CT molecular complexity index is 502. The molecule has 2 heterocycles. The van der Waals surface area contributed by atoms with Gasteiger partial charge in [0.2, 0.25) is 5.91 Å². The van der Waals surface area contributed by atoms with Crippen LogP contribution in [0.15, 0.2) is 28.7 Å². The van der Waals surface area contributed by atoms with E-state index in [9.17, 15) is 4.79 Å². The highest BCUT2D eigenvalue weighted by atomic mass is 79.9. The summed E-state index contributed by atoms with van der Waals surface area (Å²) >= 11 is 3.52. The topological polar surface area (TPSA) is 44.4 Å². The lowest BCUT2D eigenvalue weighted by Gasteiger charge is -2.19. The highest BCUT2D eigenvalue weighted by molar-refractivity contribution is 9.10. The molecular weight excluding hydrogens is 330 g/mol. The fourth-order valence-corrected chi connectivity index (χ4v) is 3.57. The predicted molar refractivity (Wildman–Crippen MR) is 88.5 cm³/mol. The number of carbonyl (C=O) groups is 1. The Morgan fingerprint density at radius 1 is 1.43 bits per heavy atom. The van der Waals surface area contributed by atoms with Crippen molar-refractivity contribution in [2.24, 2.45) is 5.92 Å². The SMILES string of the molecule is O=C(NCC1CCN(c2cccc(Br)c2)C1)C1CCCN1. The number of rotatable bonds is 4. The van der Waals surface area contributed by atoms with Crippen LogP contribution in [0.5, 0.6) is 0 Å². The third-order valence-corrected chi connectivity index (χ3v) is 4.89. The van der Waals surface area contributed by atoms with Gasteiger partial charge in [0.1, 0.15) is 0 Å². The maximum absolute atomic E-state index is 12.0. The Labute approximate surface area is 134 Å². The number of amides is 1. The lowest BCUT2D eigenvalue weighted by atomic mass is 10.1. The summed E-state index contributed by atoms with van der Waals surface area (Å²) in [4.78, 5) is 14.4. The van der Waals surface area contributed by atoms with E-state index in [4.69, 9.17) is 0 Å². The zero-order chi connectivity index (χ0) is 14.7. The molecule has 2 aliphatic heterocycles. The second kappa shape index (κ2) is 6.79. The molecule has 0 saturated carbocycles. The highest BCUT2D eigenvalue weighted by Gasteiger charge is 2.26. The minimum atomic E-state index is 0.0348. The van der Waals surface area contributed by atoms with Gasteiger partial charge in [0.05, 0.1) is 6.04 Å². The number of nitrogens with zero attached hydrogens (tertiary/aromatic N) is 1. The van der Waals surface area contributed by atoms with Crippen LogP contribution in [0.3, 0.4) is 0 Å². The smallest absolute Gasteiger partial charge is 0.237 e. The second-order valence-electron chi connectivity index (χ2n) is 5.97. The Morgan fingerprint density at radius 3 is 3.10 bits per heavy atom. The fourth-order valence-electron chi connectivity index (χ4n) is 3.18. The van der Waals surface area contributed by atoms with Gasteiger partial charge >= 0.3 is 0 Å². The molecule has 2 aliphatic rings. The van der Waals surface area contributed by atoms with E-state index in [2.05, 4.69) is 49.7 Å². The highest BCUT2D eigenvalue weighted by Crippen LogP contribution is 2.25. The average molecular weight is 352 g/mol. The second-order valence-corrected chi connectivity index (χ2v) is 6.89. The van der Waals surface area contributed by atoms with Crippen LogP contribution in [-0.2, 0) is 4.79 Å². The standard InChI is InChI=1S/C16H22BrN3O/c17-13-3-1-4-14(9-13)20-8-6-12(11-20)10-19-16(21)15-5-2-7-18-15/h1,3-4,9,12,15,18H,2,5-8,10-11H2,(H,19,21). The summed E-state index contributed by atoms with van der Waals surface area (Å²) in [6, 6.07) is 8.46. The summed E-state index contributed by atoms with van der Waals surface area (Å²) in [6.45, 7) is 3.85. The summed E-state index contributed by atoms with van der Waals surface area (Å²) < 4.78 is 1.11. The first kappa shape index (κ1) is 14.9. The molecular formula is C16H22BrN3O. The molecule has 2 unspecified atom stereocenters. The molecule has 5 heteroatoms. The Morgan fingerprint density at radius 2 is 2.33 bits per heavy atom. The van der Waals surface area contributed by atoms with Crippen molar-refractivity contribution in [1.29, 1.82) is 0 Å². The largest absolute Gasteiger partial charge is 0.371 e. The minimum absolute atomic E-state index is 0.0348. The van der Waals surface area contributed by atoms with Crippen molar-refractivity contribution >= 4 is 27.5 Å². The molecule has 0 aromatic heterocycles. The van der Waals surface area contributed by atoms with Crippen molar-refractivity contribution in [3.8, 4) is 0 Å². The Balaban J connectivity index is 1.47. The summed E-state index contributed by atoms with van der Waals surface area (Å²) in [5.74, 6) is 0.725. The molecule has 1 aromatic rings. The molecule has 2 saturated heterocycles.